The number of nitrogens with zero attached hydrogens (tertiary/aromatic N) is 1. The van der Waals surface area contributed by atoms with Gasteiger partial charge in [-0.3, -0.25) is 14.5 Å². The van der Waals surface area contributed by atoms with Gasteiger partial charge in [0, 0.05) is 0 Å². The molecule has 1 aliphatic heterocycles. The van der Waals surface area contributed by atoms with Crippen molar-refractivity contribution in [2.75, 3.05) is 0 Å². The number of carbonyl (C=O) groups excluding carboxylic acids is 2. The zero-order valence-corrected chi connectivity index (χ0v) is 14.3. The highest BCUT2D eigenvalue weighted by Crippen LogP contribution is 2.41. The van der Waals surface area contributed by atoms with E-state index < -0.39 is 5.25 Å². The summed E-state index contributed by atoms with van der Waals surface area (Å²) < 4.78 is 0. The molecule has 122 valence electrons. The minimum Gasteiger partial charge on any atom is -0.273 e. The van der Waals surface area contributed by atoms with Gasteiger partial charge in [-0.15, -0.1) is 0 Å². The molecule has 24 heavy (non-hydrogen) atoms. The van der Waals surface area contributed by atoms with Gasteiger partial charge in [0.1, 0.15) is 5.25 Å². The van der Waals surface area contributed by atoms with Gasteiger partial charge in [-0.05, 0) is 36.2 Å². The molecule has 0 aromatic heterocycles. The van der Waals surface area contributed by atoms with Crippen molar-refractivity contribution in [2.45, 2.75) is 24.6 Å². The van der Waals surface area contributed by atoms with Crippen molar-refractivity contribution in [1.29, 1.82) is 0 Å². The molecule has 2 aromatic rings. The van der Waals surface area contributed by atoms with Crippen molar-refractivity contribution in [3.63, 3.8) is 0 Å². The van der Waals surface area contributed by atoms with E-state index in [4.69, 9.17) is 0 Å². The summed E-state index contributed by atoms with van der Waals surface area (Å²) in [4.78, 5) is 26.8. The van der Waals surface area contributed by atoms with E-state index in [2.05, 4.69) is 6.58 Å². The predicted octanol–water partition coefficient (Wildman–Crippen LogP) is 4.61. The topological polar surface area (TPSA) is 37.4 Å². The third kappa shape index (κ3) is 3.29. The van der Waals surface area contributed by atoms with Crippen molar-refractivity contribution in [3.05, 3.63) is 83.9 Å². The van der Waals surface area contributed by atoms with Crippen molar-refractivity contribution < 1.29 is 9.59 Å². The molecule has 3 nitrogen and oxygen atoms in total. The maximum absolute atomic E-state index is 12.9. The third-order valence-corrected chi connectivity index (χ3v) is 5.24. The lowest BCUT2D eigenvalue weighted by Crippen LogP contribution is -2.41. The summed E-state index contributed by atoms with van der Waals surface area (Å²) >= 11 is 1.09. The first-order chi connectivity index (χ1) is 11.6. The standard InChI is InChI=1S/C20H19NO2S/c1-14(2)17(13-15-9-5-3-6-10-15)21-19(22)18(24-20(21)23)16-11-7-4-8-12-16/h3-12,17-18H,1,13H2,2H3/t17-,18?/m0/s1. The number of carbonyl (C=O) groups is 2. The average molecular weight is 337 g/mol. The molecule has 0 aliphatic carbocycles. The molecule has 2 aromatic carbocycles. The van der Waals surface area contributed by atoms with Gasteiger partial charge in [0.25, 0.3) is 5.24 Å². The van der Waals surface area contributed by atoms with Crippen LogP contribution in [0.25, 0.3) is 0 Å². The monoisotopic (exact) mass is 337 g/mol. The molecular formula is C20H19NO2S. The van der Waals surface area contributed by atoms with E-state index in [0.717, 1.165) is 28.5 Å². The van der Waals surface area contributed by atoms with E-state index in [0.29, 0.717) is 6.42 Å². The van der Waals surface area contributed by atoms with Gasteiger partial charge in [0.05, 0.1) is 6.04 Å². The molecule has 1 heterocycles. The summed E-state index contributed by atoms with van der Waals surface area (Å²) in [5.41, 5.74) is 2.76. The number of rotatable bonds is 5. The molecule has 0 radical (unpaired) electrons. The molecule has 0 N–H and O–H groups in total. The smallest absolute Gasteiger partial charge is 0.273 e. The summed E-state index contributed by atoms with van der Waals surface area (Å²) in [6, 6.07) is 19.0. The highest BCUT2D eigenvalue weighted by Gasteiger charge is 2.44. The van der Waals surface area contributed by atoms with Crippen LogP contribution in [0.3, 0.4) is 0 Å². The Hall–Kier alpha value is -2.33. The second-order valence-electron chi connectivity index (χ2n) is 5.93. The first kappa shape index (κ1) is 16.5. The quantitative estimate of drug-likeness (QED) is 0.748. The minimum atomic E-state index is -0.462. The van der Waals surface area contributed by atoms with Crippen molar-refractivity contribution in [1.82, 2.24) is 4.90 Å². The van der Waals surface area contributed by atoms with Crippen LogP contribution in [0.5, 0.6) is 0 Å². The predicted molar refractivity (Wildman–Crippen MR) is 97.8 cm³/mol. The zero-order valence-electron chi connectivity index (χ0n) is 13.5. The summed E-state index contributed by atoms with van der Waals surface area (Å²) in [6.45, 7) is 5.88. The number of thioether (sulfide) groups is 1. The van der Waals surface area contributed by atoms with Crippen LogP contribution in [0.15, 0.2) is 72.8 Å². The molecule has 1 saturated heterocycles. The summed E-state index contributed by atoms with van der Waals surface area (Å²) in [6.07, 6.45) is 0.593. The molecule has 2 amide bonds. The van der Waals surface area contributed by atoms with Gasteiger partial charge in [-0.2, -0.15) is 0 Å². The largest absolute Gasteiger partial charge is 0.289 e. The van der Waals surface area contributed by atoms with Gasteiger partial charge < -0.3 is 0 Å². The molecule has 1 aliphatic rings. The SMILES string of the molecule is C=C(C)[C@H](Cc1ccccc1)N1C(=O)SC(c2ccccc2)C1=O. The van der Waals surface area contributed by atoms with Crippen LogP contribution in [0.4, 0.5) is 4.79 Å². The number of hydrogen-bond donors (Lipinski definition) is 0. The van der Waals surface area contributed by atoms with Crippen LogP contribution in [-0.2, 0) is 11.2 Å². The molecule has 1 fully saturated rings. The molecule has 0 spiro atoms. The Balaban J connectivity index is 1.87. The molecule has 0 bridgehead atoms. The Bertz CT molecular complexity index is 758. The Labute approximate surface area is 146 Å². The van der Waals surface area contributed by atoms with Gasteiger partial charge in [0.15, 0.2) is 0 Å². The van der Waals surface area contributed by atoms with E-state index in [1.165, 1.54) is 4.90 Å². The number of amides is 2. The Morgan fingerprint density at radius 3 is 2.25 bits per heavy atom. The van der Waals surface area contributed by atoms with Gasteiger partial charge in [-0.25, -0.2) is 0 Å². The highest BCUT2D eigenvalue weighted by atomic mass is 32.2. The first-order valence-electron chi connectivity index (χ1n) is 7.86. The summed E-state index contributed by atoms with van der Waals surface area (Å²) in [5.74, 6) is -0.153. The number of benzene rings is 2. The maximum atomic E-state index is 12.9. The van der Waals surface area contributed by atoms with Crippen molar-refractivity contribution >= 4 is 22.9 Å². The number of hydrogen-bond acceptors (Lipinski definition) is 3. The van der Waals surface area contributed by atoms with Crippen LogP contribution >= 0.6 is 11.8 Å². The molecule has 0 saturated carbocycles. The normalized spacial score (nSPS) is 18.7. The van der Waals surface area contributed by atoms with Crippen LogP contribution in [-0.4, -0.2) is 22.1 Å². The van der Waals surface area contributed by atoms with Gasteiger partial charge in [-0.1, -0.05) is 72.8 Å². The van der Waals surface area contributed by atoms with Crippen LogP contribution in [0.2, 0.25) is 0 Å². The Morgan fingerprint density at radius 2 is 1.67 bits per heavy atom. The zero-order chi connectivity index (χ0) is 17.1. The average Bonchev–Trinajstić information content (AvgIpc) is 2.89. The Kier molecular flexibility index (Phi) is 4.86. The molecule has 3 rings (SSSR count). The minimum absolute atomic E-state index is 0.153. The molecule has 2 atom stereocenters. The maximum Gasteiger partial charge on any atom is 0.289 e. The fourth-order valence-electron chi connectivity index (χ4n) is 2.87. The van der Waals surface area contributed by atoms with E-state index in [1.54, 1.807) is 0 Å². The van der Waals surface area contributed by atoms with Crippen LogP contribution in [0, 0.1) is 0 Å². The second-order valence-corrected chi connectivity index (χ2v) is 6.99. The van der Waals surface area contributed by atoms with Gasteiger partial charge >= 0.3 is 0 Å². The van der Waals surface area contributed by atoms with Crippen molar-refractivity contribution in [3.8, 4) is 0 Å². The molecule has 1 unspecified atom stereocenters. The van der Waals surface area contributed by atoms with E-state index in [-0.39, 0.29) is 17.2 Å². The van der Waals surface area contributed by atoms with E-state index >= 15 is 0 Å². The molecular weight excluding hydrogens is 318 g/mol. The second kappa shape index (κ2) is 7.05. The van der Waals surface area contributed by atoms with E-state index in [9.17, 15) is 9.59 Å². The summed E-state index contributed by atoms with van der Waals surface area (Å²) in [5, 5.41) is -0.658. The molecule has 4 heteroatoms. The lowest BCUT2D eigenvalue weighted by atomic mass is 9.99. The third-order valence-electron chi connectivity index (χ3n) is 4.13. The van der Waals surface area contributed by atoms with Crippen LogP contribution in [0.1, 0.15) is 23.3 Å². The lowest BCUT2D eigenvalue weighted by Gasteiger charge is -2.26. The van der Waals surface area contributed by atoms with Crippen molar-refractivity contribution in [2.24, 2.45) is 0 Å². The lowest BCUT2D eigenvalue weighted by molar-refractivity contribution is -0.127. The summed E-state index contributed by atoms with van der Waals surface area (Å²) in [7, 11) is 0. The first-order valence-corrected chi connectivity index (χ1v) is 8.74. The van der Waals surface area contributed by atoms with E-state index in [1.807, 2.05) is 67.6 Å². The highest BCUT2D eigenvalue weighted by molar-refractivity contribution is 8.15. The van der Waals surface area contributed by atoms with Crippen LogP contribution < -0.4 is 0 Å². The fourth-order valence-corrected chi connectivity index (χ4v) is 3.91. The number of imide groups is 1. The van der Waals surface area contributed by atoms with Gasteiger partial charge in [0.2, 0.25) is 5.91 Å². The Morgan fingerprint density at radius 1 is 1.08 bits per heavy atom. The fraction of sp³-hybridized carbons (Fsp3) is 0.200.